The number of fused-ring (bicyclic) bond motifs is 1. The summed E-state index contributed by atoms with van der Waals surface area (Å²) in [4.78, 5) is 18.8. The van der Waals surface area contributed by atoms with Crippen molar-refractivity contribution in [1.29, 1.82) is 0 Å². The first-order chi connectivity index (χ1) is 10.2. The fourth-order valence-corrected chi connectivity index (χ4v) is 2.33. The molecule has 0 spiro atoms. The normalized spacial score (nSPS) is 10.6. The third kappa shape index (κ3) is 3.31. The Morgan fingerprint density at radius 1 is 1.33 bits per heavy atom. The number of hydrazine groups is 1. The summed E-state index contributed by atoms with van der Waals surface area (Å²) < 4.78 is 0. The molecule has 0 atom stereocenters. The molecule has 1 aromatic carbocycles. The topological polar surface area (TPSA) is 71.2 Å². The highest BCUT2D eigenvalue weighted by Crippen LogP contribution is 2.22. The van der Waals surface area contributed by atoms with Crippen molar-refractivity contribution in [2.45, 2.75) is 26.7 Å². The smallest absolute Gasteiger partial charge is 0.272 e. The minimum absolute atomic E-state index is 0.0480. The second kappa shape index (κ2) is 7.04. The van der Waals surface area contributed by atoms with Crippen LogP contribution in [0.15, 0.2) is 30.3 Å². The van der Waals surface area contributed by atoms with E-state index in [9.17, 15) is 4.79 Å². The van der Waals surface area contributed by atoms with Crippen LogP contribution in [0.4, 0.5) is 5.82 Å². The molecular formula is C16H22N4O. The average molecular weight is 286 g/mol. The number of pyridine rings is 1. The van der Waals surface area contributed by atoms with Crippen LogP contribution in [0, 0.1) is 0 Å². The molecule has 0 unspecified atom stereocenters. The van der Waals surface area contributed by atoms with Gasteiger partial charge in [-0.1, -0.05) is 37.6 Å². The summed E-state index contributed by atoms with van der Waals surface area (Å²) in [6, 6.07) is 9.57. The van der Waals surface area contributed by atoms with E-state index in [0.717, 1.165) is 30.2 Å². The highest BCUT2D eigenvalue weighted by atomic mass is 16.2. The molecule has 0 fully saturated rings. The van der Waals surface area contributed by atoms with Crippen molar-refractivity contribution >= 4 is 22.5 Å². The summed E-state index contributed by atoms with van der Waals surface area (Å²) in [6.07, 6.45) is 2.06. The number of carbonyl (C=O) groups is 1. The number of benzene rings is 1. The number of carbonyl (C=O) groups excluding carboxylic acids is 1. The molecule has 0 aliphatic heterocycles. The van der Waals surface area contributed by atoms with Crippen LogP contribution in [0.3, 0.4) is 0 Å². The second-order valence-corrected chi connectivity index (χ2v) is 4.96. The second-order valence-electron chi connectivity index (χ2n) is 4.96. The Hall–Kier alpha value is -2.14. The molecule has 0 aliphatic carbocycles. The van der Waals surface area contributed by atoms with Gasteiger partial charge in [-0.2, -0.15) is 0 Å². The molecule has 112 valence electrons. The maximum absolute atomic E-state index is 12.6. The maximum Gasteiger partial charge on any atom is 0.272 e. The lowest BCUT2D eigenvalue weighted by atomic mass is 10.1. The van der Waals surface area contributed by atoms with Gasteiger partial charge in [0, 0.05) is 18.5 Å². The monoisotopic (exact) mass is 286 g/mol. The van der Waals surface area contributed by atoms with Crippen LogP contribution in [0.25, 0.3) is 10.8 Å². The Balaban J connectivity index is 2.38. The Kier molecular flexibility index (Phi) is 5.11. The van der Waals surface area contributed by atoms with Gasteiger partial charge in [0.05, 0.1) is 0 Å². The van der Waals surface area contributed by atoms with Gasteiger partial charge < -0.3 is 10.3 Å². The molecule has 0 radical (unpaired) electrons. The first kappa shape index (κ1) is 15.3. The van der Waals surface area contributed by atoms with Crippen LogP contribution < -0.4 is 11.3 Å². The average Bonchev–Trinajstić information content (AvgIpc) is 2.54. The molecule has 1 heterocycles. The molecular weight excluding hydrogens is 264 g/mol. The summed E-state index contributed by atoms with van der Waals surface area (Å²) >= 11 is 0. The van der Waals surface area contributed by atoms with Crippen molar-refractivity contribution in [1.82, 2.24) is 9.88 Å². The zero-order valence-electron chi connectivity index (χ0n) is 12.6. The summed E-state index contributed by atoms with van der Waals surface area (Å²) in [5, 5.41) is 1.86. The molecule has 1 amide bonds. The molecule has 0 bridgehead atoms. The van der Waals surface area contributed by atoms with Crippen LogP contribution in [0.1, 0.15) is 37.2 Å². The van der Waals surface area contributed by atoms with Gasteiger partial charge in [0.25, 0.3) is 5.91 Å². The van der Waals surface area contributed by atoms with Gasteiger partial charge in [-0.3, -0.25) is 4.79 Å². The minimum atomic E-state index is -0.0480. The van der Waals surface area contributed by atoms with Crippen LogP contribution in [-0.4, -0.2) is 28.9 Å². The van der Waals surface area contributed by atoms with E-state index in [1.165, 1.54) is 0 Å². The van der Waals surface area contributed by atoms with Crippen molar-refractivity contribution < 1.29 is 4.79 Å². The fourth-order valence-electron chi connectivity index (χ4n) is 2.33. The molecule has 0 saturated heterocycles. The quantitative estimate of drug-likeness (QED) is 0.632. The summed E-state index contributed by atoms with van der Waals surface area (Å²) in [5.74, 6) is 6.02. The fraction of sp³-hybridized carbons (Fsp3) is 0.375. The zero-order valence-corrected chi connectivity index (χ0v) is 12.6. The van der Waals surface area contributed by atoms with Gasteiger partial charge in [0.2, 0.25) is 0 Å². The lowest BCUT2D eigenvalue weighted by Crippen LogP contribution is -2.32. The first-order valence-electron chi connectivity index (χ1n) is 7.36. The number of nitrogen functional groups attached to an aromatic ring is 1. The van der Waals surface area contributed by atoms with E-state index in [0.29, 0.717) is 18.1 Å². The number of unbranched alkanes of at least 4 members (excludes halogenated alkanes) is 1. The Labute approximate surface area is 125 Å². The van der Waals surface area contributed by atoms with Crippen molar-refractivity contribution in [3.8, 4) is 0 Å². The van der Waals surface area contributed by atoms with E-state index in [4.69, 9.17) is 5.84 Å². The maximum atomic E-state index is 12.6. The first-order valence-corrected chi connectivity index (χ1v) is 7.36. The Morgan fingerprint density at radius 3 is 2.76 bits per heavy atom. The van der Waals surface area contributed by atoms with Crippen LogP contribution >= 0.6 is 0 Å². The van der Waals surface area contributed by atoms with E-state index in [-0.39, 0.29) is 5.91 Å². The molecule has 0 saturated carbocycles. The van der Waals surface area contributed by atoms with Crippen molar-refractivity contribution in [3.05, 3.63) is 36.0 Å². The number of hydrogen-bond donors (Lipinski definition) is 2. The number of nitrogens with zero attached hydrogens (tertiary/aromatic N) is 2. The number of rotatable bonds is 6. The van der Waals surface area contributed by atoms with Gasteiger partial charge in [0.15, 0.2) is 0 Å². The number of hydrogen-bond acceptors (Lipinski definition) is 4. The van der Waals surface area contributed by atoms with E-state index < -0.39 is 0 Å². The van der Waals surface area contributed by atoms with Gasteiger partial charge in [-0.15, -0.1) is 0 Å². The van der Waals surface area contributed by atoms with Gasteiger partial charge in [0.1, 0.15) is 11.5 Å². The van der Waals surface area contributed by atoms with E-state index >= 15 is 0 Å². The van der Waals surface area contributed by atoms with Crippen LogP contribution in [-0.2, 0) is 0 Å². The number of nitrogens with one attached hydrogen (secondary N) is 1. The molecule has 0 aliphatic rings. The third-order valence-corrected chi connectivity index (χ3v) is 3.55. The summed E-state index contributed by atoms with van der Waals surface area (Å²) in [7, 11) is 0. The number of amides is 1. The third-order valence-electron chi connectivity index (χ3n) is 3.55. The lowest BCUT2D eigenvalue weighted by molar-refractivity contribution is 0.0757. The van der Waals surface area contributed by atoms with Crippen molar-refractivity contribution in [3.63, 3.8) is 0 Å². The van der Waals surface area contributed by atoms with Gasteiger partial charge in [-0.25, -0.2) is 10.8 Å². The SMILES string of the molecule is CCCCN(CC)C(=O)c1cc2ccccc2c(NN)n1. The predicted molar refractivity (Wildman–Crippen MR) is 86.0 cm³/mol. The van der Waals surface area contributed by atoms with E-state index in [2.05, 4.69) is 17.3 Å². The molecule has 21 heavy (non-hydrogen) atoms. The van der Waals surface area contributed by atoms with Crippen molar-refractivity contribution in [2.24, 2.45) is 5.84 Å². The summed E-state index contributed by atoms with van der Waals surface area (Å²) in [6.45, 7) is 5.53. The van der Waals surface area contributed by atoms with Crippen molar-refractivity contribution in [2.75, 3.05) is 18.5 Å². The Bertz CT molecular complexity index is 627. The molecule has 5 heteroatoms. The van der Waals surface area contributed by atoms with E-state index in [1.807, 2.05) is 42.2 Å². The van der Waals surface area contributed by atoms with Gasteiger partial charge >= 0.3 is 0 Å². The number of anilines is 1. The van der Waals surface area contributed by atoms with Crippen LogP contribution in [0.5, 0.6) is 0 Å². The largest absolute Gasteiger partial charge is 0.338 e. The highest BCUT2D eigenvalue weighted by Gasteiger charge is 2.17. The predicted octanol–water partition coefficient (Wildman–Crippen LogP) is 2.78. The Morgan fingerprint density at radius 2 is 2.10 bits per heavy atom. The minimum Gasteiger partial charge on any atom is -0.338 e. The lowest BCUT2D eigenvalue weighted by Gasteiger charge is -2.20. The standard InChI is InChI=1S/C16H22N4O/c1-3-5-10-20(4-2)16(21)14-11-12-8-6-7-9-13(12)15(18-14)19-17/h6-9,11H,3-5,10,17H2,1-2H3,(H,18,19). The number of nitrogens with two attached hydrogens (primary N) is 1. The zero-order chi connectivity index (χ0) is 15.2. The summed E-state index contributed by atoms with van der Waals surface area (Å²) in [5.41, 5.74) is 3.01. The molecule has 2 rings (SSSR count). The molecule has 3 N–H and O–H groups in total. The number of aromatic nitrogens is 1. The van der Waals surface area contributed by atoms with Gasteiger partial charge in [-0.05, 0) is 24.8 Å². The molecule has 2 aromatic rings. The highest BCUT2D eigenvalue weighted by molar-refractivity contribution is 6.00. The molecule has 5 nitrogen and oxygen atoms in total. The van der Waals surface area contributed by atoms with Crippen LogP contribution in [0.2, 0.25) is 0 Å². The van der Waals surface area contributed by atoms with E-state index in [1.54, 1.807) is 0 Å². The molecule has 1 aromatic heterocycles.